The van der Waals surface area contributed by atoms with Crippen molar-refractivity contribution in [2.75, 3.05) is 0 Å². The molecule has 1 heteroatoms. The molecule has 0 bridgehead atoms. The van der Waals surface area contributed by atoms with Gasteiger partial charge in [0.25, 0.3) is 0 Å². The van der Waals surface area contributed by atoms with Crippen LogP contribution in [0.25, 0.3) is 33.4 Å². The molecule has 0 atom stereocenters. The van der Waals surface area contributed by atoms with Crippen molar-refractivity contribution < 1.29 is 0 Å². The lowest BCUT2D eigenvalue weighted by Gasteiger charge is -2.35. The molecule has 46 heavy (non-hydrogen) atoms. The van der Waals surface area contributed by atoms with Crippen molar-refractivity contribution in [2.24, 2.45) is 0 Å². The normalized spacial score (nSPS) is 13.7. The molecule has 0 spiro atoms. The molecule has 0 amide bonds. The summed E-state index contributed by atoms with van der Waals surface area (Å²) in [5.41, 5.74) is 14.6. The fourth-order valence-corrected chi connectivity index (χ4v) is 7.51. The number of halogens is 1. The van der Waals surface area contributed by atoms with E-state index in [4.69, 9.17) is 11.6 Å². The number of fused-ring (bicyclic) bond motifs is 3. The molecule has 0 heterocycles. The van der Waals surface area contributed by atoms with Gasteiger partial charge >= 0.3 is 0 Å². The molecule has 0 fully saturated rings. The summed E-state index contributed by atoms with van der Waals surface area (Å²) in [5.74, 6) is 0. The summed E-state index contributed by atoms with van der Waals surface area (Å²) < 4.78 is 0. The first-order chi connectivity index (χ1) is 22.0. The van der Waals surface area contributed by atoms with Crippen LogP contribution in [-0.4, -0.2) is 0 Å². The van der Waals surface area contributed by atoms with E-state index < -0.39 is 5.41 Å². The van der Waals surface area contributed by atoms with Crippen LogP contribution in [0.1, 0.15) is 74.9 Å². The van der Waals surface area contributed by atoms with Gasteiger partial charge in [-0.15, -0.1) is 0 Å². The number of benzene rings is 6. The van der Waals surface area contributed by atoms with Crippen molar-refractivity contribution in [2.45, 2.75) is 57.8 Å². The van der Waals surface area contributed by atoms with Gasteiger partial charge in [0.15, 0.2) is 0 Å². The third-order valence-electron chi connectivity index (χ3n) is 9.71. The number of rotatable bonds is 4. The van der Waals surface area contributed by atoms with Crippen LogP contribution in [0.4, 0.5) is 0 Å². The Labute approximate surface area is 279 Å². The fraction of sp³-hybridized carbons (Fsp3) is 0.200. The molecular formula is C45H41Cl. The third kappa shape index (κ3) is 4.91. The van der Waals surface area contributed by atoms with E-state index in [-0.39, 0.29) is 10.8 Å². The summed E-state index contributed by atoms with van der Waals surface area (Å²) in [6.07, 6.45) is 0. The van der Waals surface area contributed by atoms with Crippen molar-refractivity contribution in [1.29, 1.82) is 0 Å². The zero-order valence-corrected chi connectivity index (χ0v) is 28.4. The van der Waals surface area contributed by atoms with Crippen molar-refractivity contribution in [3.63, 3.8) is 0 Å². The second-order valence-electron chi connectivity index (χ2n) is 14.7. The van der Waals surface area contributed by atoms with Crippen LogP contribution in [0.5, 0.6) is 0 Å². The molecule has 0 nitrogen and oxygen atoms in total. The summed E-state index contributed by atoms with van der Waals surface area (Å²) in [6, 6.07) is 51.4. The molecule has 6 aromatic rings. The number of hydrogen-bond donors (Lipinski definition) is 0. The second-order valence-corrected chi connectivity index (χ2v) is 15.2. The average molecular weight is 617 g/mol. The Morgan fingerprint density at radius 3 is 1.46 bits per heavy atom. The van der Waals surface area contributed by atoms with Crippen LogP contribution in [0.3, 0.4) is 0 Å². The minimum Gasteiger partial charge on any atom is -0.0843 e. The maximum absolute atomic E-state index is 6.92. The first-order valence-corrected chi connectivity index (χ1v) is 16.7. The first-order valence-electron chi connectivity index (χ1n) is 16.3. The van der Waals surface area contributed by atoms with Gasteiger partial charge < -0.3 is 0 Å². The largest absolute Gasteiger partial charge is 0.0843 e. The van der Waals surface area contributed by atoms with Crippen LogP contribution in [0, 0.1) is 0 Å². The van der Waals surface area contributed by atoms with E-state index in [1.807, 2.05) is 0 Å². The minimum atomic E-state index is -0.576. The van der Waals surface area contributed by atoms with E-state index in [0.29, 0.717) is 0 Å². The molecule has 1 aliphatic rings. The van der Waals surface area contributed by atoms with E-state index in [1.54, 1.807) is 0 Å². The SMILES string of the molecule is CC(C)(C)c1cc(-c2ccc(-c3ccccc3)c3c2-c2ccc(Cl)cc2C3(c2ccccc2)c2ccccc2)cc(C(C)(C)C)c1. The van der Waals surface area contributed by atoms with Gasteiger partial charge in [-0.1, -0.05) is 181 Å². The van der Waals surface area contributed by atoms with Gasteiger partial charge in [0.05, 0.1) is 5.41 Å². The van der Waals surface area contributed by atoms with E-state index in [2.05, 4.69) is 181 Å². The third-order valence-corrected chi connectivity index (χ3v) is 9.94. The lowest BCUT2D eigenvalue weighted by atomic mass is 9.66. The van der Waals surface area contributed by atoms with Gasteiger partial charge in [-0.3, -0.25) is 0 Å². The quantitative estimate of drug-likeness (QED) is 0.184. The molecule has 0 radical (unpaired) electrons. The lowest BCUT2D eigenvalue weighted by molar-refractivity contribution is 0.569. The van der Waals surface area contributed by atoms with E-state index in [9.17, 15) is 0 Å². The molecule has 0 saturated heterocycles. The van der Waals surface area contributed by atoms with E-state index in [0.717, 1.165) is 5.02 Å². The Hall–Kier alpha value is -4.39. The summed E-state index contributed by atoms with van der Waals surface area (Å²) >= 11 is 6.92. The topological polar surface area (TPSA) is 0 Å². The second kappa shape index (κ2) is 11.1. The van der Waals surface area contributed by atoms with Gasteiger partial charge in [-0.25, -0.2) is 0 Å². The van der Waals surface area contributed by atoms with Crippen molar-refractivity contribution in [1.82, 2.24) is 0 Å². The van der Waals surface area contributed by atoms with Gasteiger partial charge in [0.1, 0.15) is 0 Å². The molecular weight excluding hydrogens is 576 g/mol. The Morgan fingerprint density at radius 1 is 0.457 bits per heavy atom. The van der Waals surface area contributed by atoms with E-state index >= 15 is 0 Å². The molecule has 6 aromatic carbocycles. The summed E-state index contributed by atoms with van der Waals surface area (Å²) in [7, 11) is 0. The maximum atomic E-state index is 6.92. The lowest BCUT2D eigenvalue weighted by Crippen LogP contribution is -2.29. The molecule has 0 aliphatic heterocycles. The van der Waals surface area contributed by atoms with Crippen LogP contribution in [0.15, 0.2) is 140 Å². The fourth-order valence-electron chi connectivity index (χ4n) is 7.34. The van der Waals surface area contributed by atoms with Crippen LogP contribution in [0.2, 0.25) is 5.02 Å². The highest BCUT2D eigenvalue weighted by atomic mass is 35.5. The van der Waals surface area contributed by atoms with Crippen molar-refractivity contribution in [3.8, 4) is 33.4 Å². The Bertz CT molecular complexity index is 1970. The Morgan fingerprint density at radius 2 is 0.935 bits per heavy atom. The van der Waals surface area contributed by atoms with Gasteiger partial charge in [0, 0.05) is 5.02 Å². The minimum absolute atomic E-state index is 0.00638. The smallest absolute Gasteiger partial charge is 0.0720 e. The molecule has 0 aromatic heterocycles. The van der Waals surface area contributed by atoms with Crippen molar-refractivity contribution >= 4 is 11.6 Å². The standard InChI is InChI=1S/C45H41Cl/c1-43(2,3)34-26-31(27-35(28-34)44(4,5)6)37-24-25-38(30-16-10-7-11-17-30)42-41(37)39-23-22-36(46)29-40(39)45(42,32-18-12-8-13-19-32)33-20-14-9-15-21-33/h7-29H,1-6H3. The zero-order chi connectivity index (χ0) is 32.3. The molecule has 228 valence electrons. The number of hydrogen-bond acceptors (Lipinski definition) is 0. The highest BCUT2D eigenvalue weighted by molar-refractivity contribution is 6.31. The van der Waals surface area contributed by atoms with Crippen LogP contribution < -0.4 is 0 Å². The average Bonchev–Trinajstić information content (AvgIpc) is 3.35. The van der Waals surface area contributed by atoms with Crippen LogP contribution in [-0.2, 0) is 16.2 Å². The highest BCUT2D eigenvalue weighted by Gasteiger charge is 2.48. The van der Waals surface area contributed by atoms with E-state index in [1.165, 1.54) is 66.8 Å². The highest BCUT2D eigenvalue weighted by Crippen LogP contribution is 2.61. The molecule has 0 saturated carbocycles. The van der Waals surface area contributed by atoms with Crippen LogP contribution >= 0.6 is 11.6 Å². The monoisotopic (exact) mass is 616 g/mol. The molecule has 0 N–H and O–H groups in total. The maximum Gasteiger partial charge on any atom is 0.0720 e. The Balaban J connectivity index is 1.70. The Kier molecular flexibility index (Phi) is 7.33. The summed E-state index contributed by atoms with van der Waals surface area (Å²) in [4.78, 5) is 0. The molecule has 7 rings (SSSR count). The van der Waals surface area contributed by atoms with Gasteiger partial charge in [0.2, 0.25) is 0 Å². The predicted molar refractivity (Wildman–Crippen MR) is 197 cm³/mol. The zero-order valence-electron chi connectivity index (χ0n) is 27.7. The van der Waals surface area contributed by atoms with Gasteiger partial charge in [-0.2, -0.15) is 0 Å². The molecule has 1 aliphatic carbocycles. The van der Waals surface area contributed by atoms with Gasteiger partial charge in [-0.05, 0) is 89.7 Å². The van der Waals surface area contributed by atoms with Crippen molar-refractivity contribution in [3.05, 3.63) is 178 Å². The summed E-state index contributed by atoms with van der Waals surface area (Å²) in [6.45, 7) is 13.9. The summed E-state index contributed by atoms with van der Waals surface area (Å²) in [5, 5.41) is 0.746. The predicted octanol–water partition coefficient (Wildman–Crippen LogP) is 12.6. The first kappa shape index (κ1) is 30.3. The molecule has 0 unspecified atom stereocenters.